The molecule has 2 aliphatic heterocycles. The summed E-state index contributed by atoms with van der Waals surface area (Å²) in [5, 5.41) is 0. The molecule has 2 aliphatic rings. The molecule has 4 nitrogen and oxygen atoms in total. The lowest BCUT2D eigenvalue weighted by Crippen LogP contribution is -2.37. The number of rotatable bonds is 6. The molecule has 2 saturated heterocycles. The van der Waals surface area contributed by atoms with Crippen LogP contribution in [0.4, 0.5) is 0 Å². The van der Waals surface area contributed by atoms with Gasteiger partial charge < -0.3 is 18.9 Å². The molecule has 0 amide bonds. The van der Waals surface area contributed by atoms with Gasteiger partial charge in [-0.2, -0.15) is 0 Å². The van der Waals surface area contributed by atoms with Gasteiger partial charge in [-0.15, -0.1) is 0 Å². The maximum absolute atomic E-state index is 6.20. The summed E-state index contributed by atoms with van der Waals surface area (Å²) in [7, 11) is 0. The van der Waals surface area contributed by atoms with Gasteiger partial charge in [-0.05, 0) is 98.0 Å². The van der Waals surface area contributed by atoms with E-state index in [-0.39, 0.29) is 24.8 Å². The van der Waals surface area contributed by atoms with Crippen LogP contribution in [0.5, 0.6) is 0 Å². The Kier molecular flexibility index (Phi) is 8.82. The van der Waals surface area contributed by atoms with Crippen LogP contribution in [0.1, 0.15) is 73.8 Å². The number of hydrogen-bond acceptors (Lipinski definition) is 4. The third kappa shape index (κ3) is 5.92. The van der Waals surface area contributed by atoms with Crippen molar-refractivity contribution in [3.63, 3.8) is 0 Å². The van der Waals surface area contributed by atoms with Gasteiger partial charge in [0.2, 0.25) is 0 Å². The Morgan fingerprint density at radius 1 is 0.600 bits per heavy atom. The Morgan fingerprint density at radius 3 is 1.80 bits per heavy atom. The zero-order valence-corrected chi connectivity index (χ0v) is 25.5. The molecule has 0 aliphatic carbocycles. The maximum Gasteiger partial charge on any atom is 0.184 e. The van der Waals surface area contributed by atoms with Gasteiger partial charge in [-0.25, -0.2) is 0 Å². The Labute approximate surface area is 241 Å². The van der Waals surface area contributed by atoms with Crippen LogP contribution >= 0.6 is 0 Å². The smallest absolute Gasteiger partial charge is 0.184 e. The molecule has 0 radical (unpaired) electrons. The molecular weight excluding hydrogens is 496 g/mol. The maximum atomic E-state index is 6.20. The number of ether oxygens (including phenoxy) is 4. The van der Waals surface area contributed by atoms with Crippen LogP contribution in [-0.2, 0) is 25.4 Å². The molecule has 40 heavy (non-hydrogen) atoms. The van der Waals surface area contributed by atoms with Crippen molar-refractivity contribution < 1.29 is 18.9 Å². The van der Waals surface area contributed by atoms with Crippen molar-refractivity contribution in [1.82, 2.24) is 0 Å². The second kappa shape index (κ2) is 12.2. The highest BCUT2D eigenvalue weighted by Crippen LogP contribution is 2.38. The summed E-state index contributed by atoms with van der Waals surface area (Å²) in [6.45, 7) is 19.0. The van der Waals surface area contributed by atoms with Crippen LogP contribution in [0, 0.1) is 39.5 Å². The minimum absolute atomic E-state index is 0.0977. The summed E-state index contributed by atoms with van der Waals surface area (Å²) in [6.07, 6.45) is 1.90. The average Bonchev–Trinajstić information content (AvgIpc) is 2.94. The van der Waals surface area contributed by atoms with E-state index in [0.29, 0.717) is 11.8 Å². The molecule has 2 fully saturated rings. The molecular formula is C36H46O4. The van der Waals surface area contributed by atoms with Gasteiger partial charge in [0.25, 0.3) is 0 Å². The first-order valence-electron chi connectivity index (χ1n) is 15.0. The van der Waals surface area contributed by atoms with Crippen LogP contribution in [0.3, 0.4) is 0 Å². The highest BCUT2D eigenvalue weighted by molar-refractivity contribution is 5.79. The van der Waals surface area contributed by atoms with E-state index in [9.17, 15) is 0 Å². The average molecular weight is 543 g/mol. The van der Waals surface area contributed by atoms with Crippen molar-refractivity contribution in [3.05, 3.63) is 81.9 Å². The van der Waals surface area contributed by atoms with Crippen LogP contribution < -0.4 is 0 Å². The summed E-state index contributed by atoms with van der Waals surface area (Å²) >= 11 is 0. The predicted molar refractivity (Wildman–Crippen MR) is 162 cm³/mol. The van der Waals surface area contributed by atoms with E-state index in [4.69, 9.17) is 18.9 Å². The van der Waals surface area contributed by atoms with Crippen molar-refractivity contribution >= 4 is 0 Å². The van der Waals surface area contributed by atoms with E-state index in [2.05, 4.69) is 104 Å². The Hall–Kier alpha value is -2.50. The Balaban J connectivity index is 1.31. The van der Waals surface area contributed by atoms with Crippen LogP contribution in [0.2, 0.25) is 0 Å². The van der Waals surface area contributed by atoms with Crippen molar-refractivity contribution in [2.45, 2.75) is 93.0 Å². The lowest BCUT2D eigenvalue weighted by atomic mass is 9.87. The van der Waals surface area contributed by atoms with Gasteiger partial charge in [0.15, 0.2) is 12.6 Å². The quantitative estimate of drug-likeness (QED) is 0.312. The van der Waals surface area contributed by atoms with Crippen LogP contribution in [0.15, 0.2) is 48.5 Å². The minimum Gasteiger partial charge on any atom is -0.352 e. The van der Waals surface area contributed by atoms with E-state index in [1.807, 2.05) is 0 Å². The lowest BCUT2D eigenvalue weighted by molar-refractivity contribution is -0.233. The summed E-state index contributed by atoms with van der Waals surface area (Å²) in [5.74, 6) is 0.871. The van der Waals surface area contributed by atoms with Gasteiger partial charge in [0, 0.05) is 23.8 Å². The Morgan fingerprint density at radius 2 is 1.15 bits per heavy atom. The number of aryl methyl sites for hydroxylation is 1. The fourth-order valence-electron chi connectivity index (χ4n) is 5.81. The molecule has 214 valence electrons. The molecule has 5 rings (SSSR count). The molecule has 0 bridgehead atoms. The van der Waals surface area contributed by atoms with E-state index in [1.54, 1.807) is 0 Å². The van der Waals surface area contributed by atoms with Gasteiger partial charge in [0.1, 0.15) is 0 Å². The number of benzene rings is 3. The first-order valence-corrected chi connectivity index (χ1v) is 15.0. The van der Waals surface area contributed by atoms with Crippen LogP contribution in [0.25, 0.3) is 22.3 Å². The van der Waals surface area contributed by atoms with Crippen molar-refractivity contribution in [3.8, 4) is 22.3 Å². The first kappa shape index (κ1) is 29.0. The zero-order valence-electron chi connectivity index (χ0n) is 25.5. The molecule has 6 atom stereocenters. The monoisotopic (exact) mass is 542 g/mol. The normalized spacial score (nSPS) is 27.1. The second-order valence-electron chi connectivity index (χ2n) is 12.2. The minimum atomic E-state index is -0.290. The standard InChI is InChI=1S/C36H46O4/c1-21-19-37-35(39-27(21)7)18-11-29-9-12-30(13-10-29)31-14-15-32(24(4)23(31)3)33-16-17-34(26(6)25(33)5)36-38-20-22(2)28(8)40-36/h9-10,12-17,21-22,27-28,35-36H,11,18-20H2,1-8H3. The van der Waals surface area contributed by atoms with E-state index < -0.39 is 0 Å². The molecule has 2 heterocycles. The van der Waals surface area contributed by atoms with Gasteiger partial charge >= 0.3 is 0 Å². The largest absolute Gasteiger partial charge is 0.352 e. The van der Waals surface area contributed by atoms with E-state index in [1.165, 1.54) is 50.1 Å². The molecule has 3 aromatic carbocycles. The summed E-state index contributed by atoms with van der Waals surface area (Å²) in [4.78, 5) is 0. The first-order chi connectivity index (χ1) is 19.1. The van der Waals surface area contributed by atoms with Gasteiger partial charge in [0.05, 0.1) is 25.4 Å². The van der Waals surface area contributed by atoms with E-state index >= 15 is 0 Å². The molecule has 4 heteroatoms. The molecule has 6 unspecified atom stereocenters. The van der Waals surface area contributed by atoms with Crippen molar-refractivity contribution in [1.29, 1.82) is 0 Å². The SMILES string of the molecule is Cc1c(-c2ccc(CCC3OCC(C)C(C)O3)cc2)ccc(-c2ccc(C3OCC(C)C(C)O3)c(C)c2C)c1C. The molecule has 0 spiro atoms. The van der Waals surface area contributed by atoms with Crippen LogP contribution in [-0.4, -0.2) is 31.7 Å². The molecule has 0 N–H and O–H groups in total. The highest BCUT2D eigenvalue weighted by atomic mass is 16.7. The fraction of sp³-hybridized carbons (Fsp3) is 0.500. The zero-order chi connectivity index (χ0) is 28.6. The third-order valence-electron chi connectivity index (χ3n) is 9.46. The predicted octanol–water partition coefficient (Wildman–Crippen LogP) is 8.65. The number of hydrogen-bond donors (Lipinski definition) is 0. The summed E-state index contributed by atoms with van der Waals surface area (Å²) in [5.41, 5.74) is 12.7. The lowest BCUT2D eigenvalue weighted by Gasteiger charge is -2.34. The summed E-state index contributed by atoms with van der Waals surface area (Å²) in [6, 6.07) is 18.0. The highest BCUT2D eigenvalue weighted by Gasteiger charge is 2.29. The summed E-state index contributed by atoms with van der Waals surface area (Å²) < 4.78 is 24.2. The van der Waals surface area contributed by atoms with Crippen molar-refractivity contribution in [2.24, 2.45) is 11.8 Å². The van der Waals surface area contributed by atoms with Gasteiger partial charge in [-0.1, -0.05) is 62.4 Å². The van der Waals surface area contributed by atoms with Gasteiger partial charge in [-0.3, -0.25) is 0 Å². The third-order valence-corrected chi connectivity index (χ3v) is 9.46. The van der Waals surface area contributed by atoms with E-state index in [0.717, 1.165) is 31.6 Å². The topological polar surface area (TPSA) is 36.9 Å². The van der Waals surface area contributed by atoms with Crippen molar-refractivity contribution in [2.75, 3.05) is 13.2 Å². The molecule has 0 saturated carbocycles. The fourth-order valence-corrected chi connectivity index (χ4v) is 5.81. The molecule has 3 aromatic rings. The second-order valence-corrected chi connectivity index (χ2v) is 12.2. The molecule has 0 aromatic heterocycles. The Bertz CT molecular complexity index is 1330.